The standard InChI is InChI=1S/C21H36N6O2.HI/c1-22-21(23-7-3-12-28-16-19-6-13-29-17-19)25-15-18-4-5-20(24-14-18)27-10-8-26(2)9-11-27;/h4-5,14,19H,3,6-13,15-17H2,1-2H3,(H2,22,23,25);1H. The predicted octanol–water partition coefficient (Wildman–Crippen LogP) is 1.56. The third kappa shape index (κ3) is 8.52. The molecule has 0 saturated carbocycles. The van der Waals surface area contributed by atoms with Crippen LogP contribution < -0.4 is 15.5 Å². The molecule has 3 rings (SSSR count). The van der Waals surface area contributed by atoms with Crippen LogP contribution >= 0.6 is 24.0 Å². The van der Waals surface area contributed by atoms with E-state index >= 15 is 0 Å². The normalized spacial score (nSPS) is 20.1. The van der Waals surface area contributed by atoms with Crippen LogP contribution in [0.2, 0.25) is 0 Å². The molecule has 1 aromatic rings. The van der Waals surface area contributed by atoms with E-state index in [1.54, 1.807) is 7.05 Å². The number of rotatable bonds is 9. The van der Waals surface area contributed by atoms with Gasteiger partial charge in [0.2, 0.25) is 0 Å². The molecule has 0 radical (unpaired) electrons. The van der Waals surface area contributed by atoms with Gasteiger partial charge in [-0.25, -0.2) is 4.98 Å². The Labute approximate surface area is 197 Å². The van der Waals surface area contributed by atoms with E-state index in [9.17, 15) is 0 Å². The second kappa shape index (κ2) is 14.0. The SMILES string of the molecule is CN=C(NCCCOCC1CCOC1)NCc1ccc(N2CCN(C)CC2)nc1.I. The van der Waals surface area contributed by atoms with Crippen LogP contribution in [0.1, 0.15) is 18.4 Å². The Bertz CT molecular complexity index is 616. The van der Waals surface area contributed by atoms with Crippen molar-refractivity contribution in [2.45, 2.75) is 19.4 Å². The molecule has 2 saturated heterocycles. The third-order valence-electron chi connectivity index (χ3n) is 5.46. The maximum Gasteiger partial charge on any atom is 0.191 e. The molecule has 9 heteroatoms. The van der Waals surface area contributed by atoms with Crippen LogP contribution in [0, 0.1) is 5.92 Å². The Kier molecular flexibility index (Phi) is 11.7. The largest absolute Gasteiger partial charge is 0.381 e. The Morgan fingerprint density at radius 1 is 1.27 bits per heavy atom. The first-order valence-electron chi connectivity index (χ1n) is 10.7. The van der Waals surface area contributed by atoms with Crippen molar-refractivity contribution >= 4 is 35.8 Å². The van der Waals surface area contributed by atoms with E-state index in [-0.39, 0.29) is 24.0 Å². The average Bonchev–Trinajstić information content (AvgIpc) is 3.27. The number of likely N-dealkylation sites (N-methyl/N-ethyl adjacent to an activating group) is 1. The first kappa shape index (κ1) is 25.1. The molecule has 0 amide bonds. The van der Waals surface area contributed by atoms with Gasteiger partial charge in [0, 0.05) is 71.6 Å². The first-order valence-corrected chi connectivity index (χ1v) is 10.7. The van der Waals surface area contributed by atoms with Gasteiger partial charge < -0.3 is 29.9 Å². The highest BCUT2D eigenvalue weighted by molar-refractivity contribution is 14.0. The fourth-order valence-electron chi connectivity index (χ4n) is 3.50. The molecule has 3 heterocycles. The minimum absolute atomic E-state index is 0. The Hall–Kier alpha value is -1.17. The summed E-state index contributed by atoms with van der Waals surface area (Å²) in [5, 5.41) is 6.68. The van der Waals surface area contributed by atoms with Crippen LogP contribution in [-0.4, -0.2) is 89.1 Å². The lowest BCUT2D eigenvalue weighted by atomic mass is 10.1. The Balaban J connectivity index is 0.00000320. The van der Waals surface area contributed by atoms with Crippen molar-refractivity contribution in [1.82, 2.24) is 20.5 Å². The zero-order valence-electron chi connectivity index (χ0n) is 18.3. The fourth-order valence-corrected chi connectivity index (χ4v) is 3.50. The van der Waals surface area contributed by atoms with Crippen LogP contribution in [0.15, 0.2) is 23.3 Å². The van der Waals surface area contributed by atoms with Gasteiger partial charge >= 0.3 is 0 Å². The number of guanidine groups is 1. The van der Waals surface area contributed by atoms with E-state index in [1.807, 2.05) is 6.20 Å². The number of aromatic nitrogens is 1. The second-order valence-electron chi connectivity index (χ2n) is 7.83. The lowest BCUT2D eigenvalue weighted by Crippen LogP contribution is -2.44. The summed E-state index contributed by atoms with van der Waals surface area (Å²) in [6, 6.07) is 4.26. The number of ether oxygens (including phenoxy) is 2. The first-order chi connectivity index (χ1) is 14.2. The van der Waals surface area contributed by atoms with E-state index < -0.39 is 0 Å². The topological polar surface area (TPSA) is 74.3 Å². The van der Waals surface area contributed by atoms with Gasteiger partial charge in [0.15, 0.2) is 5.96 Å². The van der Waals surface area contributed by atoms with Gasteiger partial charge in [0.05, 0.1) is 13.2 Å². The molecule has 2 N–H and O–H groups in total. The van der Waals surface area contributed by atoms with Gasteiger partial charge in [0.25, 0.3) is 0 Å². The molecule has 1 atom stereocenters. The van der Waals surface area contributed by atoms with Gasteiger partial charge in [0.1, 0.15) is 5.82 Å². The summed E-state index contributed by atoms with van der Waals surface area (Å²) in [5.41, 5.74) is 1.15. The lowest BCUT2D eigenvalue weighted by molar-refractivity contribution is 0.0888. The van der Waals surface area contributed by atoms with E-state index in [0.29, 0.717) is 12.5 Å². The van der Waals surface area contributed by atoms with Crippen LogP contribution in [0.3, 0.4) is 0 Å². The lowest BCUT2D eigenvalue weighted by Gasteiger charge is -2.33. The van der Waals surface area contributed by atoms with Gasteiger partial charge in [-0.1, -0.05) is 6.07 Å². The minimum atomic E-state index is 0. The Morgan fingerprint density at radius 2 is 2.10 bits per heavy atom. The number of aliphatic imine (C=N–C) groups is 1. The number of piperazine rings is 1. The van der Waals surface area contributed by atoms with Gasteiger partial charge in [-0.15, -0.1) is 24.0 Å². The van der Waals surface area contributed by atoms with Crippen LogP contribution in [0.5, 0.6) is 0 Å². The van der Waals surface area contributed by atoms with E-state index in [2.05, 4.69) is 49.6 Å². The molecule has 2 aliphatic heterocycles. The molecule has 0 spiro atoms. The number of halogens is 1. The van der Waals surface area contributed by atoms with Crippen LogP contribution in [-0.2, 0) is 16.0 Å². The number of anilines is 1. The molecule has 1 aromatic heterocycles. The number of hydrogen-bond acceptors (Lipinski definition) is 6. The van der Waals surface area contributed by atoms with E-state index in [4.69, 9.17) is 9.47 Å². The summed E-state index contributed by atoms with van der Waals surface area (Å²) in [5.74, 6) is 2.44. The highest BCUT2D eigenvalue weighted by atomic mass is 127. The maximum atomic E-state index is 5.73. The third-order valence-corrected chi connectivity index (χ3v) is 5.46. The van der Waals surface area contributed by atoms with Crippen LogP contribution in [0.4, 0.5) is 5.82 Å². The highest BCUT2D eigenvalue weighted by Crippen LogP contribution is 2.14. The zero-order chi connectivity index (χ0) is 20.3. The molecule has 8 nitrogen and oxygen atoms in total. The maximum absolute atomic E-state index is 5.73. The Morgan fingerprint density at radius 3 is 2.77 bits per heavy atom. The van der Waals surface area contributed by atoms with Crippen molar-refractivity contribution in [3.63, 3.8) is 0 Å². The van der Waals surface area contributed by atoms with Gasteiger partial charge in [-0.05, 0) is 31.5 Å². The summed E-state index contributed by atoms with van der Waals surface area (Å²) < 4.78 is 11.1. The zero-order valence-corrected chi connectivity index (χ0v) is 20.6. The molecule has 0 bridgehead atoms. The summed E-state index contributed by atoms with van der Waals surface area (Å²) in [7, 11) is 3.96. The molecular formula is C21H37IN6O2. The second-order valence-corrected chi connectivity index (χ2v) is 7.83. The van der Waals surface area contributed by atoms with Crippen molar-refractivity contribution in [2.75, 3.05) is 78.1 Å². The predicted molar refractivity (Wildman–Crippen MR) is 132 cm³/mol. The molecule has 2 aliphatic rings. The van der Waals surface area contributed by atoms with Crippen molar-refractivity contribution in [2.24, 2.45) is 10.9 Å². The van der Waals surface area contributed by atoms with Crippen molar-refractivity contribution < 1.29 is 9.47 Å². The highest BCUT2D eigenvalue weighted by Gasteiger charge is 2.16. The van der Waals surface area contributed by atoms with E-state index in [0.717, 1.165) is 89.3 Å². The molecule has 0 aliphatic carbocycles. The number of pyridine rings is 1. The van der Waals surface area contributed by atoms with Crippen LogP contribution in [0.25, 0.3) is 0 Å². The summed E-state index contributed by atoms with van der Waals surface area (Å²) in [4.78, 5) is 13.6. The summed E-state index contributed by atoms with van der Waals surface area (Å²) >= 11 is 0. The average molecular weight is 532 g/mol. The molecule has 30 heavy (non-hydrogen) atoms. The molecule has 2 fully saturated rings. The number of nitrogens with one attached hydrogen (secondary N) is 2. The van der Waals surface area contributed by atoms with E-state index in [1.165, 1.54) is 0 Å². The summed E-state index contributed by atoms with van der Waals surface area (Å²) in [6.45, 7) is 9.09. The van der Waals surface area contributed by atoms with Crippen molar-refractivity contribution in [3.8, 4) is 0 Å². The molecule has 170 valence electrons. The molecule has 1 unspecified atom stereocenters. The summed E-state index contributed by atoms with van der Waals surface area (Å²) in [6.07, 6.45) is 4.03. The van der Waals surface area contributed by atoms with Gasteiger partial charge in [-0.3, -0.25) is 4.99 Å². The molecule has 0 aromatic carbocycles. The van der Waals surface area contributed by atoms with Crippen molar-refractivity contribution in [1.29, 1.82) is 0 Å². The van der Waals surface area contributed by atoms with Crippen molar-refractivity contribution in [3.05, 3.63) is 23.9 Å². The fraction of sp³-hybridized carbons (Fsp3) is 0.714. The monoisotopic (exact) mass is 532 g/mol. The minimum Gasteiger partial charge on any atom is -0.381 e. The number of hydrogen-bond donors (Lipinski definition) is 2. The quantitative estimate of drug-likeness (QED) is 0.217. The van der Waals surface area contributed by atoms with Gasteiger partial charge in [-0.2, -0.15) is 0 Å². The molecular weight excluding hydrogens is 495 g/mol. The smallest absolute Gasteiger partial charge is 0.191 e. The number of nitrogens with zero attached hydrogens (tertiary/aromatic N) is 4.